The number of halogens is 1. The predicted octanol–water partition coefficient (Wildman–Crippen LogP) is 2.97. The molecule has 1 aromatic carbocycles. The molecule has 1 saturated carbocycles. The van der Waals surface area contributed by atoms with Gasteiger partial charge in [-0.25, -0.2) is 13.2 Å². The first kappa shape index (κ1) is 30.5. The number of fused-ring (bicyclic) bond motifs is 2. The summed E-state index contributed by atoms with van der Waals surface area (Å²) in [6.45, 7) is 2.09. The Morgan fingerprint density at radius 1 is 1.07 bits per heavy atom. The van der Waals surface area contributed by atoms with Gasteiger partial charge in [-0.1, -0.05) is 30.2 Å². The molecule has 0 aromatic heterocycles. The van der Waals surface area contributed by atoms with Crippen molar-refractivity contribution in [1.82, 2.24) is 19.8 Å². The Balaban J connectivity index is 1.22. The van der Waals surface area contributed by atoms with Crippen molar-refractivity contribution in [2.24, 2.45) is 17.6 Å². The SMILES string of the molecule is N[C@H](C(=O)N[C@H]1CCC[C@@H]1CC[C@H]1CN[C@@H]2CCCS(=O)(=O)N1C2)[C@@H](c1ccc(Cl)cc1)C1CCN(C(=O)O)CC1. The molecule has 3 aliphatic heterocycles. The number of likely N-dealkylation sites (tertiary alicyclic amines) is 1. The van der Waals surface area contributed by atoms with E-state index in [0.717, 1.165) is 44.1 Å². The van der Waals surface area contributed by atoms with E-state index in [9.17, 15) is 23.1 Å². The lowest BCUT2D eigenvalue weighted by Gasteiger charge is -2.38. The van der Waals surface area contributed by atoms with E-state index in [1.165, 1.54) is 4.90 Å². The van der Waals surface area contributed by atoms with Crippen molar-refractivity contribution in [3.63, 3.8) is 0 Å². The molecular weight excluding hydrogens is 566 g/mol. The van der Waals surface area contributed by atoms with Crippen molar-refractivity contribution in [3.8, 4) is 0 Å². The first-order valence-corrected chi connectivity index (χ1v) is 17.1. The standard InChI is InChI=1S/C29H44ClN5O5S/c30-22-9-6-20(7-10-22)26(21-12-14-34(15-13-21)29(37)38)27(31)28(36)33-25-5-1-3-19(25)8-11-24-17-32-23-4-2-16-41(39,40)35(24)18-23/h6-7,9-10,19,21,23-27,32H,1-5,8,11-18,31H2,(H,33,36)(H,37,38)/t19-,23-,24+,25+,26+,27+/m1/s1. The summed E-state index contributed by atoms with van der Waals surface area (Å²) < 4.78 is 27.5. The number of nitrogens with one attached hydrogen (secondary N) is 2. The van der Waals surface area contributed by atoms with Gasteiger partial charge in [0.25, 0.3) is 0 Å². The number of carbonyl (C=O) groups excluding carboxylic acids is 1. The highest BCUT2D eigenvalue weighted by Crippen LogP contribution is 2.37. The molecule has 5 N–H and O–H groups in total. The average molecular weight is 610 g/mol. The fraction of sp³-hybridized carbons (Fsp3) is 0.724. The maximum absolute atomic E-state index is 13.6. The minimum atomic E-state index is -3.22. The number of sulfonamides is 1. The second kappa shape index (κ2) is 13.2. The zero-order chi connectivity index (χ0) is 29.1. The lowest BCUT2D eigenvalue weighted by atomic mass is 9.75. The molecule has 4 fully saturated rings. The Morgan fingerprint density at radius 3 is 2.51 bits per heavy atom. The fourth-order valence-electron chi connectivity index (χ4n) is 7.57. The lowest BCUT2D eigenvalue weighted by Crippen LogP contribution is -2.57. The van der Waals surface area contributed by atoms with E-state index < -0.39 is 22.2 Å². The minimum Gasteiger partial charge on any atom is -0.465 e. The van der Waals surface area contributed by atoms with Crippen LogP contribution in [0.15, 0.2) is 24.3 Å². The molecule has 1 aromatic rings. The number of benzene rings is 1. The molecule has 228 valence electrons. The van der Waals surface area contributed by atoms with Gasteiger partial charge in [0.2, 0.25) is 15.9 Å². The van der Waals surface area contributed by atoms with Crippen LogP contribution in [0.3, 0.4) is 0 Å². The van der Waals surface area contributed by atoms with E-state index in [1.807, 2.05) is 12.1 Å². The highest BCUT2D eigenvalue weighted by molar-refractivity contribution is 7.89. The molecular formula is C29H44ClN5O5S. The van der Waals surface area contributed by atoms with Crippen LogP contribution in [-0.2, 0) is 14.8 Å². The van der Waals surface area contributed by atoms with Gasteiger partial charge in [-0.15, -0.1) is 0 Å². The summed E-state index contributed by atoms with van der Waals surface area (Å²) in [7, 11) is -3.22. The molecule has 7 atom stereocenters. The van der Waals surface area contributed by atoms with Gasteiger partial charge in [0.1, 0.15) is 0 Å². The van der Waals surface area contributed by atoms with Crippen molar-refractivity contribution in [2.75, 3.05) is 31.9 Å². The van der Waals surface area contributed by atoms with Gasteiger partial charge in [-0.05, 0) is 80.9 Å². The molecule has 12 heteroatoms. The van der Waals surface area contributed by atoms with Crippen molar-refractivity contribution < 1.29 is 23.1 Å². The molecule has 0 radical (unpaired) electrons. The van der Waals surface area contributed by atoms with Crippen LogP contribution in [-0.4, -0.2) is 90.8 Å². The Morgan fingerprint density at radius 2 is 1.80 bits per heavy atom. The van der Waals surface area contributed by atoms with E-state index in [2.05, 4.69) is 10.6 Å². The number of amides is 2. The summed E-state index contributed by atoms with van der Waals surface area (Å²) in [5, 5.41) is 16.8. The summed E-state index contributed by atoms with van der Waals surface area (Å²) in [5.74, 6) is 0.153. The number of hydrogen-bond acceptors (Lipinski definition) is 6. The van der Waals surface area contributed by atoms with Crippen LogP contribution in [0.25, 0.3) is 0 Å². The Labute approximate surface area is 248 Å². The van der Waals surface area contributed by atoms with Crippen molar-refractivity contribution >= 4 is 33.6 Å². The molecule has 1 aliphatic carbocycles. The third kappa shape index (κ3) is 7.18. The van der Waals surface area contributed by atoms with Gasteiger partial charge >= 0.3 is 6.09 Å². The van der Waals surface area contributed by atoms with Crippen molar-refractivity contribution in [1.29, 1.82) is 0 Å². The number of piperidine rings is 1. The second-order valence-corrected chi connectivity index (χ2v) is 14.9. The average Bonchev–Trinajstić information content (AvgIpc) is 3.35. The Bertz CT molecular complexity index is 1180. The molecule has 2 amide bonds. The van der Waals surface area contributed by atoms with Crippen LogP contribution in [0.4, 0.5) is 4.79 Å². The van der Waals surface area contributed by atoms with Gasteiger partial charge in [-0.2, -0.15) is 4.31 Å². The number of piperazine rings is 1. The number of rotatable bonds is 8. The molecule has 2 bridgehead atoms. The molecule has 41 heavy (non-hydrogen) atoms. The normalized spacial score (nSPS) is 31.7. The van der Waals surface area contributed by atoms with Gasteiger partial charge < -0.3 is 26.4 Å². The van der Waals surface area contributed by atoms with Gasteiger partial charge in [0, 0.05) is 55.2 Å². The van der Waals surface area contributed by atoms with Crippen LogP contribution in [0.5, 0.6) is 0 Å². The highest BCUT2D eigenvalue weighted by atomic mass is 35.5. The molecule has 10 nitrogen and oxygen atoms in total. The van der Waals surface area contributed by atoms with E-state index in [0.29, 0.717) is 50.5 Å². The van der Waals surface area contributed by atoms with Crippen LogP contribution in [0.2, 0.25) is 5.02 Å². The van der Waals surface area contributed by atoms with E-state index in [4.69, 9.17) is 17.3 Å². The maximum atomic E-state index is 13.6. The molecule has 1 unspecified atom stereocenters. The van der Waals surface area contributed by atoms with E-state index >= 15 is 0 Å². The third-order valence-electron chi connectivity index (χ3n) is 9.88. The molecule has 3 heterocycles. The van der Waals surface area contributed by atoms with Crippen molar-refractivity contribution in [3.05, 3.63) is 34.9 Å². The predicted molar refractivity (Wildman–Crippen MR) is 158 cm³/mol. The topological polar surface area (TPSA) is 145 Å². The monoisotopic (exact) mass is 609 g/mol. The Kier molecular flexibility index (Phi) is 9.80. The van der Waals surface area contributed by atoms with E-state index in [-0.39, 0.29) is 47.5 Å². The minimum absolute atomic E-state index is 0.0123. The number of hydrogen-bond donors (Lipinski definition) is 4. The fourth-order valence-corrected chi connectivity index (χ4v) is 9.51. The summed E-state index contributed by atoms with van der Waals surface area (Å²) >= 11 is 6.14. The number of carbonyl (C=O) groups is 2. The smallest absolute Gasteiger partial charge is 0.407 e. The quantitative estimate of drug-likeness (QED) is 0.354. The first-order valence-electron chi connectivity index (χ1n) is 15.1. The number of carboxylic acid groups (broad SMARTS) is 1. The van der Waals surface area contributed by atoms with Crippen LogP contribution >= 0.6 is 11.6 Å². The zero-order valence-electron chi connectivity index (χ0n) is 23.6. The second-order valence-electron chi connectivity index (χ2n) is 12.4. The summed E-state index contributed by atoms with van der Waals surface area (Å²) in [6.07, 6.45) is 6.51. The largest absolute Gasteiger partial charge is 0.465 e. The molecule has 5 rings (SSSR count). The third-order valence-corrected chi connectivity index (χ3v) is 12.1. The number of nitrogens with two attached hydrogens (primary N) is 1. The van der Waals surface area contributed by atoms with Crippen LogP contribution in [0, 0.1) is 11.8 Å². The first-order chi connectivity index (χ1) is 19.6. The van der Waals surface area contributed by atoms with Gasteiger partial charge in [0.15, 0.2) is 0 Å². The van der Waals surface area contributed by atoms with Gasteiger partial charge in [-0.3, -0.25) is 4.79 Å². The zero-order valence-corrected chi connectivity index (χ0v) is 25.2. The van der Waals surface area contributed by atoms with Crippen molar-refractivity contribution in [2.45, 2.75) is 87.9 Å². The van der Waals surface area contributed by atoms with Crippen LogP contribution in [0.1, 0.15) is 69.3 Å². The molecule has 3 saturated heterocycles. The van der Waals surface area contributed by atoms with E-state index in [1.54, 1.807) is 16.4 Å². The number of nitrogens with zero attached hydrogens (tertiary/aromatic N) is 2. The lowest BCUT2D eigenvalue weighted by molar-refractivity contribution is -0.124. The molecule has 0 spiro atoms. The summed E-state index contributed by atoms with van der Waals surface area (Å²) in [4.78, 5) is 26.5. The summed E-state index contributed by atoms with van der Waals surface area (Å²) in [5.41, 5.74) is 7.66. The van der Waals surface area contributed by atoms with Crippen LogP contribution < -0.4 is 16.4 Å². The van der Waals surface area contributed by atoms with Gasteiger partial charge in [0.05, 0.1) is 11.8 Å². The highest BCUT2D eigenvalue weighted by Gasteiger charge is 2.40. The maximum Gasteiger partial charge on any atom is 0.407 e. The molecule has 4 aliphatic rings. The Hall–Kier alpha value is -1.92. The summed E-state index contributed by atoms with van der Waals surface area (Å²) in [6, 6.07) is 6.89.